The molecular weight excluding hydrogens is 210 g/mol. The predicted molar refractivity (Wildman–Crippen MR) is 62.0 cm³/mol. The molecule has 2 nitrogen and oxygen atoms in total. The summed E-state index contributed by atoms with van der Waals surface area (Å²) in [5, 5.41) is 14.1. The second-order valence-electron chi connectivity index (χ2n) is 4.23. The van der Waals surface area contributed by atoms with Gasteiger partial charge in [0.15, 0.2) is 0 Å². The van der Waals surface area contributed by atoms with E-state index in [4.69, 9.17) is 11.6 Å². The van der Waals surface area contributed by atoms with E-state index in [9.17, 15) is 5.11 Å². The van der Waals surface area contributed by atoms with Gasteiger partial charge in [0.25, 0.3) is 0 Å². The molecule has 0 bridgehead atoms. The van der Waals surface area contributed by atoms with Crippen LogP contribution in [0.4, 0.5) is 0 Å². The molecule has 2 unspecified atom stereocenters. The monoisotopic (exact) mass is 225 g/mol. The van der Waals surface area contributed by atoms with E-state index >= 15 is 0 Å². The number of aliphatic hydroxyl groups excluding tert-OH is 1. The molecule has 1 saturated carbocycles. The molecule has 0 amide bonds. The van der Waals surface area contributed by atoms with Gasteiger partial charge in [-0.15, -0.1) is 0 Å². The number of hydrogen-bond donors (Lipinski definition) is 2. The van der Waals surface area contributed by atoms with Crippen LogP contribution in [0, 0.1) is 0 Å². The van der Waals surface area contributed by atoms with Crippen molar-refractivity contribution in [1.29, 1.82) is 0 Å². The molecule has 0 aliphatic heterocycles. The van der Waals surface area contributed by atoms with E-state index in [0.717, 1.165) is 5.56 Å². The van der Waals surface area contributed by atoms with Crippen LogP contribution < -0.4 is 5.32 Å². The molecule has 1 aromatic rings. The Kier molecular flexibility index (Phi) is 3.29. The van der Waals surface area contributed by atoms with Crippen molar-refractivity contribution in [3.63, 3.8) is 0 Å². The van der Waals surface area contributed by atoms with Crippen molar-refractivity contribution in [3.8, 4) is 0 Å². The van der Waals surface area contributed by atoms with Crippen molar-refractivity contribution < 1.29 is 5.11 Å². The lowest BCUT2D eigenvalue weighted by molar-refractivity contribution is 0.135. The quantitative estimate of drug-likeness (QED) is 0.826. The van der Waals surface area contributed by atoms with Gasteiger partial charge >= 0.3 is 0 Å². The lowest BCUT2D eigenvalue weighted by atomic mass is 10.0. The molecule has 0 saturated heterocycles. The van der Waals surface area contributed by atoms with Gasteiger partial charge in [-0.3, -0.25) is 0 Å². The zero-order chi connectivity index (χ0) is 10.8. The Balaban J connectivity index is 1.98. The fourth-order valence-corrected chi connectivity index (χ4v) is 1.79. The third-order valence-electron chi connectivity index (χ3n) is 2.76. The first-order valence-corrected chi connectivity index (χ1v) is 5.74. The molecule has 1 aliphatic carbocycles. The Hall–Kier alpha value is -0.570. The van der Waals surface area contributed by atoms with Gasteiger partial charge in [0.1, 0.15) is 0 Å². The van der Waals surface area contributed by atoms with E-state index in [1.165, 1.54) is 12.8 Å². The van der Waals surface area contributed by atoms with Crippen molar-refractivity contribution in [2.75, 3.05) is 0 Å². The molecule has 0 aromatic heterocycles. The summed E-state index contributed by atoms with van der Waals surface area (Å²) in [6.45, 7) is 2.01. The van der Waals surface area contributed by atoms with Gasteiger partial charge in [0, 0.05) is 17.1 Å². The maximum Gasteiger partial charge on any atom is 0.0940 e. The maximum absolute atomic E-state index is 10.1. The number of halogens is 1. The zero-order valence-corrected chi connectivity index (χ0v) is 9.54. The van der Waals surface area contributed by atoms with E-state index in [1.54, 1.807) is 0 Å². The fraction of sp³-hybridized carbons (Fsp3) is 0.500. The fourth-order valence-electron chi connectivity index (χ4n) is 1.66. The van der Waals surface area contributed by atoms with Crippen LogP contribution >= 0.6 is 11.6 Å². The molecule has 0 spiro atoms. The lowest BCUT2D eigenvalue weighted by Gasteiger charge is -2.20. The predicted octanol–water partition coefficient (Wildman–Crippen LogP) is 2.51. The Labute approximate surface area is 95.3 Å². The number of hydrogen-bond acceptors (Lipinski definition) is 2. The summed E-state index contributed by atoms with van der Waals surface area (Å²) in [5.41, 5.74) is 0.917. The van der Waals surface area contributed by atoms with Gasteiger partial charge in [-0.1, -0.05) is 23.7 Å². The van der Waals surface area contributed by atoms with Crippen molar-refractivity contribution in [2.45, 2.75) is 38.0 Å². The average molecular weight is 226 g/mol. The topological polar surface area (TPSA) is 32.3 Å². The van der Waals surface area contributed by atoms with E-state index in [1.807, 2.05) is 31.2 Å². The minimum absolute atomic E-state index is 0.0960. The zero-order valence-electron chi connectivity index (χ0n) is 8.78. The third kappa shape index (κ3) is 2.94. The van der Waals surface area contributed by atoms with Crippen LogP contribution in [0.2, 0.25) is 5.02 Å². The molecule has 82 valence electrons. The first-order chi connectivity index (χ1) is 7.16. The van der Waals surface area contributed by atoms with Crippen LogP contribution in [-0.4, -0.2) is 17.2 Å². The summed E-state index contributed by atoms with van der Waals surface area (Å²) in [4.78, 5) is 0. The van der Waals surface area contributed by atoms with Crippen LogP contribution in [-0.2, 0) is 0 Å². The Morgan fingerprint density at radius 2 is 1.93 bits per heavy atom. The van der Waals surface area contributed by atoms with E-state index in [2.05, 4.69) is 5.32 Å². The van der Waals surface area contributed by atoms with Gasteiger partial charge in [0.2, 0.25) is 0 Å². The second kappa shape index (κ2) is 4.52. The third-order valence-corrected chi connectivity index (χ3v) is 3.01. The summed E-state index contributed by atoms with van der Waals surface area (Å²) < 4.78 is 0. The first-order valence-electron chi connectivity index (χ1n) is 5.36. The van der Waals surface area contributed by atoms with Gasteiger partial charge in [-0.05, 0) is 37.5 Å². The molecule has 2 atom stereocenters. The first kappa shape index (κ1) is 10.9. The largest absolute Gasteiger partial charge is 0.387 e. The van der Waals surface area contributed by atoms with Crippen molar-refractivity contribution in [3.05, 3.63) is 34.9 Å². The Morgan fingerprint density at radius 1 is 1.33 bits per heavy atom. The number of benzene rings is 1. The van der Waals surface area contributed by atoms with Crippen LogP contribution in [0.5, 0.6) is 0 Å². The highest BCUT2D eigenvalue weighted by molar-refractivity contribution is 6.30. The summed E-state index contributed by atoms with van der Waals surface area (Å²) >= 11 is 5.79. The number of aliphatic hydroxyl groups is 1. The Morgan fingerprint density at radius 3 is 2.47 bits per heavy atom. The molecule has 0 heterocycles. The lowest BCUT2D eigenvalue weighted by Crippen LogP contribution is -2.33. The molecule has 2 rings (SSSR count). The van der Waals surface area contributed by atoms with Crippen molar-refractivity contribution >= 4 is 11.6 Å². The van der Waals surface area contributed by atoms with Crippen LogP contribution in [0.1, 0.15) is 31.4 Å². The van der Waals surface area contributed by atoms with Crippen molar-refractivity contribution in [1.82, 2.24) is 5.32 Å². The van der Waals surface area contributed by atoms with E-state index in [-0.39, 0.29) is 6.04 Å². The Bertz CT molecular complexity index is 321. The molecule has 15 heavy (non-hydrogen) atoms. The summed E-state index contributed by atoms with van der Waals surface area (Å²) in [5.74, 6) is 0. The molecule has 1 aliphatic rings. The SMILES string of the molecule is CC(NC1CC1)C(O)c1ccc(Cl)cc1. The average Bonchev–Trinajstić information content (AvgIpc) is 3.02. The van der Waals surface area contributed by atoms with Crippen LogP contribution in [0.3, 0.4) is 0 Å². The van der Waals surface area contributed by atoms with E-state index in [0.29, 0.717) is 11.1 Å². The molecule has 3 heteroatoms. The molecular formula is C12H16ClNO. The van der Waals surface area contributed by atoms with Crippen molar-refractivity contribution in [2.24, 2.45) is 0 Å². The van der Waals surface area contributed by atoms with Crippen LogP contribution in [0.25, 0.3) is 0 Å². The maximum atomic E-state index is 10.1. The van der Waals surface area contributed by atoms with E-state index < -0.39 is 6.10 Å². The highest BCUT2D eigenvalue weighted by atomic mass is 35.5. The van der Waals surface area contributed by atoms with Crippen LogP contribution in [0.15, 0.2) is 24.3 Å². The molecule has 0 radical (unpaired) electrons. The highest BCUT2D eigenvalue weighted by Crippen LogP contribution is 2.24. The minimum atomic E-state index is -0.456. The number of rotatable bonds is 4. The van der Waals surface area contributed by atoms with Gasteiger partial charge in [-0.2, -0.15) is 0 Å². The normalized spacial score (nSPS) is 19.9. The van der Waals surface area contributed by atoms with Gasteiger partial charge in [-0.25, -0.2) is 0 Å². The smallest absolute Gasteiger partial charge is 0.0940 e. The molecule has 1 fully saturated rings. The van der Waals surface area contributed by atoms with Gasteiger partial charge < -0.3 is 10.4 Å². The summed E-state index contributed by atoms with van der Waals surface area (Å²) in [6, 6.07) is 8.07. The molecule has 2 N–H and O–H groups in total. The summed E-state index contributed by atoms with van der Waals surface area (Å²) in [7, 11) is 0. The number of nitrogens with one attached hydrogen (secondary N) is 1. The van der Waals surface area contributed by atoms with Gasteiger partial charge in [0.05, 0.1) is 6.10 Å². The standard InChI is InChI=1S/C12H16ClNO/c1-8(14-11-6-7-11)12(15)9-2-4-10(13)5-3-9/h2-5,8,11-12,14-15H,6-7H2,1H3. The summed E-state index contributed by atoms with van der Waals surface area (Å²) in [6.07, 6.45) is 2.01. The molecule has 1 aromatic carbocycles. The second-order valence-corrected chi connectivity index (χ2v) is 4.66. The minimum Gasteiger partial charge on any atom is -0.387 e. The highest BCUT2D eigenvalue weighted by Gasteiger charge is 2.26.